The molecule has 1 aromatic carbocycles. The smallest absolute Gasteiger partial charge is 0.319 e. The first-order valence-electron chi connectivity index (χ1n) is 7.24. The fraction of sp³-hybridized carbons (Fsp3) is 0.533. The second-order valence-corrected chi connectivity index (χ2v) is 4.91. The Morgan fingerprint density at radius 3 is 2.65 bits per heavy atom. The van der Waals surface area contributed by atoms with E-state index in [4.69, 9.17) is 4.74 Å². The number of amides is 2. The number of morpholine rings is 1. The Labute approximate surface area is 120 Å². The average molecular weight is 277 g/mol. The van der Waals surface area contributed by atoms with Gasteiger partial charge in [0.2, 0.25) is 0 Å². The maximum Gasteiger partial charge on any atom is 0.319 e. The van der Waals surface area contributed by atoms with Crippen molar-refractivity contribution in [2.75, 3.05) is 44.7 Å². The standard InChI is InChI=1S/C15H23N3O2/c19-15(17-14-6-2-1-3-7-14)16-8-4-5-9-18-10-12-20-13-11-18/h1-3,6-7H,4-5,8-13H2,(H2,16,17,19). The van der Waals surface area contributed by atoms with Crippen LogP contribution in [0.4, 0.5) is 10.5 Å². The summed E-state index contributed by atoms with van der Waals surface area (Å²) in [5, 5.41) is 5.68. The van der Waals surface area contributed by atoms with Crippen molar-refractivity contribution in [2.24, 2.45) is 0 Å². The molecule has 5 heteroatoms. The Hall–Kier alpha value is -1.59. The first-order valence-corrected chi connectivity index (χ1v) is 7.24. The third-order valence-electron chi connectivity index (χ3n) is 3.32. The van der Waals surface area contributed by atoms with Crippen LogP contribution in [-0.4, -0.2) is 50.3 Å². The molecule has 0 bridgehead atoms. The van der Waals surface area contributed by atoms with Gasteiger partial charge in [-0.3, -0.25) is 4.90 Å². The molecule has 0 aromatic heterocycles. The van der Waals surface area contributed by atoms with Crippen LogP contribution >= 0.6 is 0 Å². The van der Waals surface area contributed by atoms with Gasteiger partial charge in [-0.1, -0.05) is 18.2 Å². The van der Waals surface area contributed by atoms with Crippen molar-refractivity contribution in [3.8, 4) is 0 Å². The molecule has 0 unspecified atom stereocenters. The molecule has 1 aliphatic rings. The molecule has 1 saturated heterocycles. The highest BCUT2D eigenvalue weighted by Gasteiger charge is 2.09. The molecule has 1 aromatic rings. The minimum absolute atomic E-state index is 0.137. The highest BCUT2D eigenvalue weighted by Crippen LogP contribution is 2.04. The van der Waals surface area contributed by atoms with Crippen LogP contribution in [0, 0.1) is 0 Å². The van der Waals surface area contributed by atoms with Gasteiger partial charge in [-0.25, -0.2) is 4.79 Å². The summed E-state index contributed by atoms with van der Waals surface area (Å²) in [5.41, 5.74) is 0.818. The minimum atomic E-state index is -0.137. The van der Waals surface area contributed by atoms with Crippen molar-refractivity contribution in [1.29, 1.82) is 0 Å². The Bertz CT molecular complexity index is 391. The Morgan fingerprint density at radius 1 is 1.15 bits per heavy atom. The maximum atomic E-state index is 11.6. The normalized spacial score (nSPS) is 15.8. The van der Waals surface area contributed by atoms with E-state index in [1.807, 2.05) is 30.3 Å². The highest BCUT2D eigenvalue weighted by atomic mass is 16.5. The van der Waals surface area contributed by atoms with Gasteiger partial charge in [0.25, 0.3) is 0 Å². The molecule has 2 rings (SSSR count). The summed E-state index contributed by atoms with van der Waals surface area (Å²) in [5.74, 6) is 0. The van der Waals surface area contributed by atoms with Crippen molar-refractivity contribution in [1.82, 2.24) is 10.2 Å². The van der Waals surface area contributed by atoms with Gasteiger partial charge in [-0.2, -0.15) is 0 Å². The fourth-order valence-corrected chi connectivity index (χ4v) is 2.18. The molecule has 0 saturated carbocycles. The zero-order chi connectivity index (χ0) is 14.0. The zero-order valence-electron chi connectivity index (χ0n) is 11.8. The molecule has 2 N–H and O–H groups in total. The molecule has 0 spiro atoms. The van der Waals surface area contributed by atoms with Gasteiger partial charge in [-0.05, 0) is 31.5 Å². The lowest BCUT2D eigenvalue weighted by Crippen LogP contribution is -2.37. The monoisotopic (exact) mass is 277 g/mol. The lowest BCUT2D eigenvalue weighted by molar-refractivity contribution is 0.0372. The van der Waals surface area contributed by atoms with Crippen LogP contribution in [0.15, 0.2) is 30.3 Å². The van der Waals surface area contributed by atoms with Crippen molar-refractivity contribution >= 4 is 11.7 Å². The molecule has 0 aliphatic carbocycles. The van der Waals surface area contributed by atoms with Crippen LogP contribution < -0.4 is 10.6 Å². The minimum Gasteiger partial charge on any atom is -0.379 e. The van der Waals surface area contributed by atoms with E-state index in [1.54, 1.807) is 0 Å². The number of unbranched alkanes of at least 4 members (excludes halogenated alkanes) is 1. The molecular weight excluding hydrogens is 254 g/mol. The van der Waals surface area contributed by atoms with E-state index >= 15 is 0 Å². The van der Waals surface area contributed by atoms with Gasteiger partial charge in [0, 0.05) is 25.3 Å². The molecule has 110 valence electrons. The van der Waals surface area contributed by atoms with Crippen molar-refractivity contribution < 1.29 is 9.53 Å². The number of para-hydroxylation sites is 1. The van der Waals surface area contributed by atoms with Gasteiger partial charge in [-0.15, -0.1) is 0 Å². The first kappa shape index (κ1) is 14.8. The SMILES string of the molecule is O=C(NCCCCN1CCOCC1)Nc1ccccc1. The number of anilines is 1. The number of urea groups is 1. The number of rotatable bonds is 6. The number of ether oxygens (including phenoxy) is 1. The lowest BCUT2D eigenvalue weighted by Gasteiger charge is -2.26. The summed E-state index contributed by atoms with van der Waals surface area (Å²) in [6.07, 6.45) is 2.10. The second-order valence-electron chi connectivity index (χ2n) is 4.91. The Kier molecular flexibility index (Phi) is 6.34. The van der Waals surface area contributed by atoms with E-state index in [0.29, 0.717) is 6.54 Å². The van der Waals surface area contributed by atoms with Crippen LogP contribution in [0.1, 0.15) is 12.8 Å². The molecule has 5 nitrogen and oxygen atoms in total. The number of benzene rings is 1. The molecule has 1 fully saturated rings. The van der Waals surface area contributed by atoms with E-state index in [9.17, 15) is 4.79 Å². The number of carbonyl (C=O) groups is 1. The predicted molar refractivity (Wildman–Crippen MR) is 80.0 cm³/mol. The summed E-state index contributed by atoms with van der Waals surface area (Å²) in [4.78, 5) is 14.0. The summed E-state index contributed by atoms with van der Waals surface area (Å²) in [6.45, 7) is 5.55. The zero-order valence-corrected chi connectivity index (χ0v) is 11.8. The summed E-state index contributed by atoms with van der Waals surface area (Å²) in [6, 6.07) is 9.34. The third kappa shape index (κ3) is 5.59. The molecule has 1 heterocycles. The van der Waals surface area contributed by atoms with E-state index in [-0.39, 0.29) is 6.03 Å². The lowest BCUT2D eigenvalue weighted by atomic mass is 10.2. The third-order valence-corrected chi connectivity index (χ3v) is 3.32. The van der Waals surface area contributed by atoms with E-state index < -0.39 is 0 Å². The molecule has 20 heavy (non-hydrogen) atoms. The van der Waals surface area contributed by atoms with Crippen LogP contribution in [0.25, 0.3) is 0 Å². The van der Waals surface area contributed by atoms with Crippen LogP contribution in [0.3, 0.4) is 0 Å². The number of nitrogens with zero attached hydrogens (tertiary/aromatic N) is 1. The molecule has 0 radical (unpaired) electrons. The van der Waals surface area contributed by atoms with Crippen LogP contribution in [-0.2, 0) is 4.74 Å². The van der Waals surface area contributed by atoms with Crippen LogP contribution in [0.2, 0.25) is 0 Å². The highest BCUT2D eigenvalue weighted by molar-refractivity contribution is 5.89. The van der Waals surface area contributed by atoms with E-state index in [0.717, 1.165) is 51.4 Å². The van der Waals surface area contributed by atoms with Gasteiger partial charge in [0.05, 0.1) is 13.2 Å². The van der Waals surface area contributed by atoms with Crippen molar-refractivity contribution in [3.63, 3.8) is 0 Å². The average Bonchev–Trinajstić information content (AvgIpc) is 2.49. The molecule has 0 atom stereocenters. The molecular formula is C15H23N3O2. The predicted octanol–water partition coefficient (Wildman–Crippen LogP) is 1.92. The summed E-state index contributed by atoms with van der Waals surface area (Å²) in [7, 11) is 0. The second kappa shape index (κ2) is 8.55. The van der Waals surface area contributed by atoms with Crippen molar-refractivity contribution in [3.05, 3.63) is 30.3 Å². The fourth-order valence-electron chi connectivity index (χ4n) is 2.18. The Balaban J connectivity index is 1.51. The van der Waals surface area contributed by atoms with Gasteiger partial charge in [0.1, 0.15) is 0 Å². The summed E-state index contributed by atoms with van der Waals surface area (Å²) >= 11 is 0. The topological polar surface area (TPSA) is 53.6 Å². The first-order chi connectivity index (χ1) is 9.84. The van der Waals surface area contributed by atoms with Gasteiger partial charge in [0.15, 0.2) is 0 Å². The summed E-state index contributed by atoms with van der Waals surface area (Å²) < 4.78 is 5.31. The number of hydrogen-bond donors (Lipinski definition) is 2. The number of hydrogen-bond acceptors (Lipinski definition) is 3. The van der Waals surface area contributed by atoms with Crippen LogP contribution in [0.5, 0.6) is 0 Å². The maximum absolute atomic E-state index is 11.6. The van der Waals surface area contributed by atoms with Crippen molar-refractivity contribution in [2.45, 2.75) is 12.8 Å². The molecule has 2 amide bonds. The van der Waals surface area contributed by atoms with E-state index in [1.165, 1.54) is 0 Å². The van der Waals surface area contributed by atoms with Gasteiger partial charge < -0.3 is 15.4 Å². The quantitative estimate of drug-likeness (QED) is 0.781. The van der Waals surface area contributed by atoms with Gasteiger partial charge >= 0.3 is 6.03 Å². The largest absolute Gasteiger partial charge is 0.379 e. The number of nitrogens with one attached hydrogen (secondary N) is 2. The Morgan fingerprint density at radius 2 is 1.90 bits per heavy atom. The molecule has 1 aliphatic heterocycles. The number of carbonyl (C=O) groups excluding carboxylic acids is 1. The van der Waals surface area contributed by atoms with E-state index in [2.05, 4.69) is 15.5 Å².